The third kappa shape index (κ3) is 4.82. The Morgan fingerprint density at radius 3 is 2.55 bits per heavy atom. The first-order valence-electron chi connectivity index (χ1n) is 9.50. The van der Waals surface area contributed by atoms with Gasteiger partial charge in [-0.2, -0.15) is 0 Å². The van der Waals surface area contributed by atoms with Crippen LogP contribution in [0.4, 0.5) is 0 Å². The van der Waals surface area contributed by atoms with E-state index < -0.39 is 23.5 Å². The molecule has 154 valence electrons. The van der Waals surface area contributed by atoms with Gasteiger partial charge in [-0.1, -0.05) is 42.8 Å². The second kappa shape index (κ2) is 8.73. The molecule has 0 aromatic heterocycles. The highest BCUT2D eigenvalue weighted by Crippen LogP contribution is 2.33. The van der Waals surface area contributed by atoms with Gasteiger partial charge in [-0.25, -0.2) is 5.06 Å². The first kappa shape index (κ1) is 21.0. The van der Waals surface area contributed by atoms with Gasteiger partial charge in [0.15, 0.2) is 0 Å². The summed E-state index contributed by atoms with van der Waals surface area (Å²) in [6, 6.07) is 15.6. The zero-order valence-electron chi connectivity index (χ0n) is 16.5. The molecule has 1 fully saturated rings. The summed E-state index contributed by atoms with van der Waals surface area (Å²) >= 11 is 0. The summed E-state index contributed by atoms with van der Waals surface area (Å²) in [7, 11) is 0. The van der Waals surface area contributed by atoms with Crippen molar-refractivity contribution in [3.63, 3.8) is 0 Å². The molecule has 1 aliphatic heterocycles. The number of aryl methyl sites for hydroxylation is 1. The van der Waals surface area contributed by atoms with Crippen LogP contribution in [0.1, 0.15) is 33.2 Å². The topological polar surface area (TPSA) is 99.1 Å². The number of hydrogen-bond acceptors (Lipinski definition) is 5. The van der Waals surface area contributed by atoms with Gasteiger partial charge in [-0.3, -0.25) is 14.8 Å². The standard InChI is InChI=1S/C22H26N2O5/c1-15-7-6-10-17(11-15)20(26)23-12-18-19(25)22(2,14-29-18)13-24(28)21(27)16-8-4-3-5-9-16/h3-11,18-19,25,28H,12-14H2,1-2H3,(H,23,26)/t18-,19-,22-/m1/s1. The van der Waals surface area contributed by atoms with Crippen molar-refractivity contribution >= 4 is 11.8 Å². The molecule has 0 unspecified atom stereocenters. The Balaban J connectivity index is 1.57. The lowest BCUT2D eigenvalue weighted by molar-refractivity contribution is -0.0940. The molecule has 0 spiro atoms. The molecular weight excluding hydrogens is 372 g/mol. The van der Waals surface area contributed by atoms with Gasteiger partial charge in [0.25, 0.3) is 11.8 Å². The summed E-state index contributed by atoms with van der Waals surface area (Å²) in [4.78, 5) is 24.7. The van der Waals surface area contributed by atoms with Gasteiger partial charge in [0.05, 0.1) is 19.3 Å². The zero-order chi connectivity index (χ0) is 21.0. The lowest BCUT2D eigenvalue weighted by Gasteiger charge is -2.31. The van der Waals surface area contributed by atoms with E-state index in [1.165, 1.54) is 0 Å². The fraction of sp³-hybridized carbons (Fsp3) is 0.364. The Hall–Kier alpha value is -2.74. The molecule has 1 heterocycles. The van der Waals surface area contributed by atoms with Gasteiger partial charge in [0.2, 0.25) is 0 Å². The van der Waals surface area contributed by atoms with Gasteiger partial charge >= 0.3 is 0 Å². The van der Waals surface area contributed by atoms with E-state index in [0.29, 0.717) is 16.2 Å². The van der Waals surface area contributed by atoms with E-state index in [-0.39, 0.29) is 25.6 Å². The predicted octanol–water partition coefficient (Wildman–Crippen LogP) is 2.02. The first-order valence-corrected chi connectivity index (χ1v) is 9.50. The second-order valence-electron chi connectivity index (χ2n) is 7.76. The van der Waals surface area contributed by atoms with E-state index in [1.807, 2.05) is 19.1 Å². The van der Waals surface area contributed by atoms with Crippen molar-refractivity contribution in [3.8, 4) is 0 Å². The Morgan fingerprint density at radius 1 is 1.17 bits per heavy atom. The molecule has 1 saturated heterocycles. The minimum atomic E-state index is -0.960. The lowest BCUT2D eigenvalue weighted by atomic mass is 9.84. The molecule has 0 aliphatic carbocycles. The second-order valence-corrected chi connectivity index (χ2v) is 7.76. The van der Waals surface area contributed by atoms with Crippen LogP contribution in [-0.4, -0.2) is 59.1 Å². The fourth-order valence-electron chi connectivity index (χ4n) is 3.46. The quantitative estimate of drug-likeness (QED) is 0.511. The van der Waals surface area contributed by atoms with Crippen LogP contribution in [0.2, 0.25) is 0 Å². The van der Waals surface area contributed by atoms with Crippen molar-refractivity contribution in [1.29, 1.82) is 0 Å². The third-order valence-electron chi connectivity index (χ3n) is 5.20. The van der Waals surface area contributed by atoms with Crippen molar-refractivity contribution in [2.75, 3.05) is 19.7 Å². The number of ether oxygens (including phenoxy) is 1. The molecule has 3 N–H and O–H groups in total. The number of hydroxylamine groups is 2. The molecule has 29 heavy (non-hydrogen) atoms. The van der Waals surface area contributed by atoms with Crippen LogP contribution in [0, 0.1) is 12.3 Å². The maximum Gasteiger partial charge on any atom is 0.277 e. The molecule has 1 aliphatic rings. The fourth-order valence-corrected chi connectivity index (χ4v) is 3.46. The summed E-state index contributed by atoms with van der Waals surface area (Å²) < 4.78 is 5.66. The highest BCUT2D eigenvalue weighted by molar-refractivity contribution is 5.94. The maximum absolute atomic E-state index is 12.4. The Bertz CT molecular complexity index is 873. The van der Waals surface area contributed by atoms with E-state index in [9.17, 15) is 19.9 Å². The number of aliphatic hydroxyl groups is 1. The average molecular weight is 398 g/mol. The molecule has 7 nitrogen and oxygen atoms in total. The molecule has 2 aromatic carbocycles. The number of carbonyl (C=O) groups excluding carboxylic acids is 2. The molecule has 0 bridgehead atoms. The highest BCUT2D eigenvalue weighted by Gasteiger charge is 2.47. The number of benzene rings is 2. The largest absolute Gasteiger partial charge is 0.390 e. The highest BCUT2D eigenvalue weighted by atomic mass is 16.5. The Morgan fingerprint density at radius 2 is 1.86 bits per heavy atom. The van der Waals surface area contributed by atoms with Crippen LogP contribution in [-0.2, 0) is 4.74 Å². The van der Waals surface area contributed by atoms with Crippen molar-refractivity contribution in [3.05, 3.63) is 71.3 Å². The van der Waals surface area contributed by atoms with Crippen LogP contribution in [0.5, 0.6) is 0 Å². The number of nitrogens with zero attached hydrogens (tertiary/aromatic N) is 1. The number of hydrogen-bond donors (Lipinski definition) is 3. The van der Waals surface area contributed by atoms with Gasteiger partial charge in [0.1, 0.15) is 6.10 Å². The Kier molecular flexibility index (Phi) is 6.32. The molecule has 7 heteroatoms. The normalized spacial score (nSPS) is 23.6. The monoisotopic (exact) mass is 398 g/mol. The molecule has 3 atom stereocenters. The minimum Gasteiger partial charge on any atom is -0.390 e. The summed E-state index contributed by atoms with van der Waals surface area (Å²) in [5.41, 5.74) is 1.01. The van der Waals surface area contributed by atoms with Gasteiger partial charge in [-0.15, -0.1) is 0 Å². The van der Waals surface area contributed by atoms with Crippen LogP contribution >= 0.6 is 0 Å². The van der Waals surface area contributed by atoms with E-state index in [0.717, 1.165) is 5.56 Å². The van der Waals surface area contributed by atoms with Gasteiger partial charge < -0.3 is 15.2 Å². The predicted molar refractivity (Wildman–Crippen MR) is 107 cm³/mol. The minimum absolute atomic E-state index is 0.0930. The molecule has 0 saturated carbocycles. The summed E-state index contributed by atoms with van der Waals surface area (Å²) in [5.74, 6) is -0.795. The van der Waals surface area contributed by atoms with E-state index >= 15 is 0 Å². The molecular formula is C22H26N2O5. The Labute approximate surface area is 169 Å². The lowest BCUT2D eigenvalue weighted by Crippen LogP contribution is -2.47. The van der Waals surface area contributed by atoms with Gasteiger partial charge in [-0.05, 0) is 31.2 Å². The molecule has 2 aromatic rings. The van der Waals surface area contributed by atoms with E-state index in [2.05, 4.69) is 5.32 Å². The van der Waals surface area contributed by atoms with Crippen LogP contribution in [0.15, 0.2) is 54.6 Å². The van der Waals surface area contributed by atoms with Crippen LogP contribution in [0.3, 0.4) is 0 Å². The first-order chi connectivity index (χ1) is 13.8. The van der Waals surface area contributed by atoms with E-state index in [4.69, 9.17) is 4.74 Å². The SMILES string of the molecule is Cc1cccc(C(=O)NC[C@H]2OC[C@@](C)(CN(O)C(=O)c3ccccc3)[C@@H]2O)c1. The van der Waals surface area contributed by atoms with Crippen molar-refractivity contribution in [2.24, 2.45) is 5.41 Å². The van der Waals surface area contributed by atoms with E-state index in [1.54, 1.807) is 49.4 Å². The summed E-state index contributed by atoms with van der Waals surface area (Å²) in [6.45, 7) is 3.83. The molecule has 0 radical (unpaired) electrons. The molecule has 3 rings (SSSR count). The smallest absolute Gasteiger partial charge is 0.277 e. The van der Waals surface area contributed by atoms with Crippen LogP contribution in [0.25, 0.3) is 0 Å². The zero-order valence-corrected chi connectivity index (χ0v) is 16.5. The summed E-state index contributed by atoms with van der Waals surface area (Å²) in [6.07, 6.45) is -1.59. The number of nitrogens with one attached hydrogen (secondary N) is 1. The number of carbonyl (C=O) groups is 2. The summed E-state index contributed by atoms with van der Waals surface area (Å²) in [5, 5.41) is 24.3. The maximum atomic E-state index is 12.4. The number of rotatable bonds is 6. The number of amides is 2. The average Bonchev–Trinajstić information content (AvgIpc) is 3.00. The van der Waals surface area contributed by atoms with Crippen LogP contribution < -0.4 is 5.32 Å². The van der Waals surface area contributed by atoms with Crippen molar-refractivity contribution in [1.82, 2.24) is 10.4 Å². The van der Waals surface area contributed by atoms with Gasteiger partial charge in [0, 0.05) is 23.1 Å². The van der Waals surface area contributed by atoms with Crippen molar-refractivity contribution in [2.45, 2.75) is 26.1 Å². The number of aliphatic hydroxyl groups excluding tert-OH is 1. The van der Waals surface area contributed by atoms with Crippen molar-refractivity contribution < 1.29 is 24.6 Å². The third-order valence-corrected chi connectivity index (χ3v) is 5.20. The molecule has 2 amide bonds.